The van der Waals surface area contributed by atoms with E-state index >= 15 is 0 Å². The molecule has 4 nitrogen and oxygen atoms in total. The van der Waals surface area contributed by atoms with Crippen molar-refractivity contribution in [2.24, 2.45) is 0 Å². The fourth-order valence-electron chi connectivity index (χ4n) is 4.06. The number of benzene rings is 1. The van der Waals surface area contributed by atoms with E-state index in [2.05, 4.69) is 22.5 Å². The summed E-state index contributed by atoms with van der Waals surface area (Å²) in [5.41, 5.74) is 3.17. The van der Waals surface area contributed by atoms with Gasteiger partial charge >= 0.3 is 0 Å². The second kappa shape index (κ2) is 4.71. The molecule has 1 aromatic carbocycles. The number of carbonyl (C=O) groups excluding carboxylic acids is 1. The highest BCUT2D eigenvalue weighted by molar-refractivity contribution is 5.88. The molecule has 0 spiro atoms. The molecular weight excluding hydrogens is 276 g/mol. The normalized spacial score (nSPS) is 24.9. The number of nitrogens with one attached hydrogen (secondary N) is 1. The van der Waals surface area contributed by atoms with E-state index in [1.165, 1.54) is 10.9 Å². The van der Waals surface area contributed by atoms with Gasteiger partial charge in [0.1, 0.15) is 11.5 Å². The minimum absolute atomic E-state index is 0.320. The van der Waals surface area contributed by atoms with Crippen molar-refractivity contribution in [1.29, 1.82) is 0 Å². The molecule has 2 aromatic rings. The first-order valence-electron chi connectivity index (χ1n) is 7.77. The molecule has 1 fully saturated rings. The maximum atomic E-state index is 12.1. The number of hydrogen-bond donors (Lipinski definition) is 1. The molecule has 0 aliphatic carbocycles. The Kier molecular flexibility index (Phi) is 2.91. The van der Waals surface area contributed by atoms with Crippen molar-refractivity contribution in [3.05, 3.63) is 42.1 Å². The standard InChI is InChI=1S/C18H20N2O2/c1-3-18-11-12(21)6-8-20(18)9-7-15-14-5-4-13(22-2)10-16(14)19-17(15)18/h3-5,10,19H,1,6-9,11H2,2H3. The molecule has 0 radical (unpaired) electrons. The first-order chi connectivity index (χ1) is 10.7. The largest absolute Gasteiger partial charge is 0.497 e. The van der Waals surface area contributed by atoms with E-state index in [1.807, 2.05) is 18.2 Å². The van der Waals surface area contributed by atoms with Gasteiger partial charge < -0.3 is 9.72 Å². The van der Waals surface area contributed by atoms with Crippen LogP contribution in [0.4, 0.5) is 0 Å². The van der Waals surface area contributed by atoms with E-state index in [-0.39, 0.29) is 5.54 Å². The van der Waals surface area contributed by atoms with E-state index in [4.69, 9.17) is 4.74 Å². The molecule has 2 aliphatic heterocycles. The van der Waals surface area contributed by atoms with Crippen molar-refractivity contribution in [3.63, 3.8) is 0 Å². The molecule has 0 amide bonds. The molecule has 1 unspecified atom stereocenters. The average Bonchev–Trinajstić information content (AvgIpc) is 2.93. The van der Waals surface area contributed by atoms with E-state index in [1.54, 1.807) is 7.11 Å². The summed E-state index contributed by atoms with van der Waals surface area (Å²) in [5, 5.41) is 1.23. The summed E-state index contributed by atoms with van der Waals surface area (Å²) in [5.74, 6) is 1.16. The van der Waals surface area contributed by atoms with E-state index in [0.29, 0.717) is 18.6 Å². The summed E-state index contributed by atoms with van der Waals surface area (Å²) in [6.45, 7) is 5.86. The third kappa shape index (κ3) is 1.70. The first-order valence-corrected chi connectivity index (χ1v) is 7.77. The second-order valence-corrected chi connectivity index (χ2v) is 6.22. The zero-order valence-corrected chi connectivity index (χ0v) is 12.8. The Morgan fingerprint density at radius 2 is 2.18 bits per heavy atom. The van der Waals surface area contributed by atoms with Crippen LogP contribution < -0.4 is 4.74 Å². The number of H-pyrrole nitrogens is 1. The Labute approximate surface area is 129 Å². The lowest BCUT2D eigenvalue weighted by Crippen LogP contribution is -2.54. The first kappa shape index (κ1) is 13.6. The monoisotopic (exact) mass is 296 g/mol. The van der Waals surface area contributed by atoms with Crippen LogP contribution in [0.15, 0.2) is 30.9 Å². The molecule has 1 atom stereocenters. The SMILES string of the molecule is C=CC12CC(=O)CCN1CCc1c2[nH]c2cc(OC)ccc12. The zero-order chi connectivity index (χ0) is 15.3. The maximum absolute atomic E-state index is 12.1. The Hall–Kier alpha value is -2.07. The third-order valence-corrected chi connectivity index (χ3v) is 5.21. The smallest absolute Gasteiger partial charge is 0.136 e. The van der Waals surface area contributed by atoms with Crippen molar-refractivity contribution >= 4 is 16.7 Å². The van der Waals surface area contributed by atoms with Gasteiger partial charge in [-0.25, -0.2) is 0 Å². The number of methoxy groups -OCH3 is 1. The van der Waals surface area contributed by atoms with Gasteiger partial charge in [-0.05, 0) is 24.1 Å². The fraction of sp³-hybridized carbons (Fsp3) is 0.389. The van der Waals surface area contributed by atoms with Crippen LogP contribution in [0.3, 0.4) is 0 Å². The van der Waals surface area contributed by atoms with Crippen molar-refractivity contribution < 1.29 is 9.53 Å². The van der Waals surface area contributed by atoms with Gasteiger partial charge in [-0.3, -0.25) is 9.69 Å². The second-order valence-electron chi connectivity index (χ2n) is 6.22. The Bertz CT molecular complexity index is 777. The predicted octanol–water partition coefficient (Wildman–Crippen LogP) is 2.78. The number of piperidine rings is 1. The van der Waals surface area contributed by atoms with Gasteiger partial charge in [-0.2, -0.15) is 0 Å². The number of aromatic amines is 1. The van der Waals surface area contributed by atoms with Crippen molar-refractivity contribution in [2.75, 3.05) is 20.2 Å². The highest BCUT2D eigenvalue weighted by Gasteiger charge is 2.46. The van der Waals surface area contributed by atoms with Crippen LogP contribution in [0.5, 0.6) is 5.75 Å². The van der Waals surface area contributed by atoms with Gasteiger partial charge in [-0.1, -0.05) is 6.08 Å². The summed E-state index contributed by atoms with van der Waals surface area (Å²) < 4.78 is 5.32. The van der Waals surface area contributed by atoms with Gasteiger partial charge in [0.05, 0.1) is 12.6 Å². The molecule has 4 rings (SSSR count). The summed E-state index contributed by atoms with van der Waals surface area (Å²) >= 11 is 0. The third-order valence-electron chi connectivity index (χ3n) is 5.21. The molecule has 4 heteroatoms. The Morgan fingerprint density at radius 1 is 1.36 bits per heavy atom. The van der Waals surface area contributed by atoms with Gasteiger partial charge in [0.25, 0.3) is 0 Å². The van der Waals surface area contributed by atoms with Crippen LogP contribution >= 0.6 is 0 Å². The average molecular weight is 296 g/mol. The molecular formula is C18H20N2O2. The summed E-state index contributed by atoms with van der Waals surface area (Å²) in [6, 6.07) is 6.13. The maximum Gasteiger partial charge on any atom is 0.136 e. The zero-order valence-electron chi connectivity index (χ0n) is 12.8. The van der Waals surface area contributed by atoms with Crippen LogP contribution in [-0.4, -0.2) is 35.9 Å². The molecule has 3 heterocycles. The van der Waals surface area contributed by atoms with E-state index < -0.39 is 0 Å². The van der Waals surface area contributed by atoms with E-state index in [9.17, 15) is 4.79 Å². The van der Waals surface area contributed by atoms with Crippen molar-refractivity contribution in [1.82, 2.24) is 9.88 Å². The van der Waals surface area contributed by atoms with Crippen LogP contribution in [0.1, 0.15) is 24.1 Å². The molecule has 114 valence electrons. The highest BCUT2D eigenvalue weighted by atomic mass is 16.5. The minimum atomic E-state index is -0.366. The van der Waals surface area contributed by atoms with Gasteiger partial charge in [0, 0.05) is 48.6 Å². The van der Waals surface area contributed by atoms with Crippen LogP contribution in [0, 0.1) is 0 Å². The lowest BCUT2D eigenvalue weighted by Gasteiger charge is -2.47. The Morgan fingerprint density at radius 3 is 2.95 bits per heavy atom. The number of rotatable bonds is 2. The number of carbonyl (C=O) groups is 1. The molecule has 22 heavy (non-hydrogen) atoms. The van der Waals surface area contributed by atoms with Gasteiger partial charge in [0.2, 0.25) is 0 Å². The van der Waals surface area contributed by atoms with E-state index in [0.717, 1.165) is 36.5 Å². The van der Waals surface area contributed by atoms with Crippen molar-refractivity contribution in [3.8, 4) is 5.75 Å². The molecule has 0 saturated carbocycles. The molecule has 1 aromatic heterocycles. The highest BCUT2D eigenvalue weighted by Crippen LogP contribution is 2.44. The lowest BCUT2D eigenvalue weighted by molar-refractivity contribution is -0.125. The fourth-order valence-corrected chi connectivity index (χ4v) is 4.06. The van der Waals surface area contributed by atoms with Crippen molar-refractivity contribution in [2.45, 2.75) is 24.8 Å². The number of ether oxygens (including phenoxy) is 1. The number of hydrogen-bond acceptors (Lipinski definition) is 3. The number of fused-ring (bicyclic) bond motifs is 5. The van der Waals surface area contributed by atoms with Crippen LogP contribution in [-0.2, 0) is 16.8 Å². The molecule has 2 aliphatic rings. The lowest BCUT2D eigenvalue weighted by atomic mass is 9.78. The molecule has 0 bridgehead atoms. The molecule has 1 N–H and O–H groups in total. The van der Waals surface area contributed by atoms with Crippen LogP contribution in [0.25, 0.3) is 10.9 Å². The Balaban J connectivity index is 1.95. The summed E-state index contributed by atoms with van der Waals surface area (Å²) in [7, 11) is 1.68. The predicted molar refractivity (Wildman–Crippen MR) is 86.2 cm³/mol. The van der Waals surface area contributed by atoms with Gasteiger partial charge in [-0.15, -0.1) is 6.58 Å². The number of nitrogens with zero attached hydrogens (tertiary/aromatic N) is 1. The minimum Gasteiger partial charge on any atom is -0.497 e. The number of Topliss-reactive ketones (excluding diaryl/α,β-unsaturated/α-hetero) is 1. The number of aromatic nitrogens is 1. The number of ketones is 1. The quantitative estimate of drug-likeness (QED) is 0.867. The van der Waals surface area contributed by atoms with Gasteiger partial charge in [0.15, 0.2) is 0 Å². The summed E-state index contributed by atoms with van der Waals surface area (Å²) in [6.07, 6.45) is 4.13. The molecule has 1 saturated heterocycles. The topological polar surface area (TPSA) is 45.3 Å². The summed E-state index contributed by atoms with van der Waals surface area (Å²) in [4.78, 5) is 18.1. The van der Waals surface area contributed by atoms with Crippen LogP contribution in [0.2, 0.25) is 0 Å².